The van der Waals surface area contributed by atoms with Crippen LogP contribution in [-0.4, -0.2) is 52.9 Å². The Labute approximate surface area is 285 Å². The molecule has 0 aromatic heterocycles. The highest BCUT2D eigenvalue weighted by Gasteiger charge is 2.48. The van der Waals surface area contributed by atoms with Gasteiger partial charge < -0.3 is 25.6 Å². The number of carbonyl (C=O) groups excluding carboxylic acids is 4. The fourth-order valence-corrected chi connectivity index (χ4v) is 6.65. The summed E-state index contributed by atoms with van der Waals surface area (Å²) < 4.78 is 5.36. The number of ether oxygens (including phenoxy) is 1. The summed E-state index contributed by atoms with van der Waals surface area (Å²) in [5.41, 5.74) is -0.725. The number of nitrogens with one attached hydrogen (secondary N) is 3. The van der Waals surface area contributed by atoms with Crippen molar-refractivity contribution in [1.82, 2.24) is 20.9 Å². The molecule has 1 aliphatic carbocycles. The monoisotopic (exact) mass is 656 g/mol. The van der Waals surface area contributed by atoms with E-state index in [1.807, 2.05) is 82.3 Å². The van der Waals surface area contributed by atoms with E-state index in [0.29, 0.717) is 6.42 Å². The third-order valence-corrected chi connectivity index (χ3v) is 9.70. The number of nitrogens with zero attached hydrogens (tertiary/aromatic N) is 1. The van der Waals surface area contributed by atoms with Gasteiger partial charge in [0, 0.05) is 7.05 Å². The first-order chi connectivity index (χ1) is 22.7. The first-order valence-electron chi connectivity index (χ1n) is 17.1. The van der Waals surface area contributed by atoms with Crippen molar-refractivity contribution in [3.63, 3.8) is 0 Å². The quantitative estimate of drug-likeness (QED) is 0.190. The van der Waals surface area contributed by atoms with E-state index in [2.05, 4.69) is 34.1 Å². The Morgan fingerprint density at radius 3 is 2.15 bits per heavy atom. The lowest BCUT2D eigenvalue weighted by atomic mass is 9.81. The largest absolute Gasteiger partial charge is 0.445 e. The third kappa shape index (κ3) is 8.74. The second-order valence-electron chi connectivity index (χ2n) is 14.3. The fraction of sp³-hybridized carbons (Fsp3) is 0.487. The Kier molecular flexibility index (Phi) is 11.9. The lowest BCUT2D eigenvalue weighted by Crippen LogP contribution is -2.67. The van der Waals surface area contributed by atoms with Gasteiger partial charge in [-0.3, -0.25) is 14.4 Å². The number of fused-ring (bicyclic) bond motifs is 1. The molecule has 1 fully saturated rings. The Balaban J connectivity index is 1.49. The molecule has 0 saturated heterocycles. The van der Waals surface area contributed by atoms with Crippen LogP contribution in [0.2, 0.25) is 0 Å². The van der Waals surface area contributed by atoms with Crippen molar-refractivity contribution in [2.24, 2.45) is 11.8 Å². The Morgan fingerprint density at radius 2 is 1.48 bits per heavy atom. The zero-order valence-electron chi connectivity index (χ0n) is 29.5. The molecular weight excluding hydrogens is 604 g/mol. The maximum atomic E-state index is 14.5. The minimum Gasteiger partial charge on any atom is -0.445 e. The van der Waals surface area contributed by atoms with Crippen molar-refractivity contribution < 1.29 is 23.9 Å². The lowest BCUT2D eigenvalue weighted by molar-refractivity contribution is -0.146. The summed E-state index contributed by atoms with van der Waals surface area (Å²) in [4.78, 5) is 56.5. The van der Waals surface area contributed by atoms with Crippen LogP contribution < -0.4 is 16.0 Å². The number of rotatable bonds is 13. The smallest absolute Gasteiger partial charge is 0.408 e. The van der Waals surface area contributed by atoms with Crippen molar-refractivity contribution in [1.29, 1.82) is 0 Å². The maximum absolute atomic E-state index is 14.5. The molecule has 9 heteroatoms. The number of benzene rings is 3. The zero-order valence-corrected chi connectivity index (χ0v) is 29.5. The maximum Gasteiger partial charge on any atom is 0.408 e. The number of hydrogen-bond acceptors (Lipinski definition) is 5. The molecule has 0 aliphatic heterocycles. The van der Waals surface area contributed by atoms with Gasteiger partial charge in [-0.1, -0.05) is 99.5 Å². The molecule has 48 heavy (non-hydrogen) atoms. The molecule has 3 aromatic carbocycles. The molecule has 0 spiro atoms. The summed E-state index contributed by atoms with van der Waals surface area (Å²) in [6.45, 7) is 11.0. The predicted octanol–water partition coefficient (Wildman–Crippen LogP) is 6.66. The van der Waals surface area contributed by atoms with Crippen molar-refractivity contribution in [2.45, 2.75) is 103 Å². The standard InChI is InChI=1S/C39H52N4O5/c1-26(2)24-33(40-37(47)48-25-28-16-9-8-10-17-28)34(44)41-38(4,5)35(45)42-39(6,30-20-12-13-21-30)36(46)43(7)27(3)31-23-15-19-29-18-11-14-22-32(29)31/h8-11,14-19,22-23,26-27,30,33H,12-13,20-21,24-25H2,1-7H3,(H,40,47)(H,41,44)(H,42,45)/t27-,33+,39+/m1/s1. The number of hydrogen-bond donors (Lipinski definition) is 3. The van der Waals surface area contributed by atoms with Crippen LogP contribution in [0, 0.1) is 11.8 Å². The highest BCUT2D eigenvalue weighted by atomic mass is 16.5. The molecule has 4 rings (SSSR count). The molecule has 0 heterocycles. The molecule has 0 unspecified atom stereocenters. The van der Waals surface area contributed by atoms with E-state index in [0.717, 1.165) is 47.6 Å². The van der Waals surface area contributed by atoms with Crippen LogP contribution in [-0.2, 0) is 25.7 Å². The lowest BCUT2D eigenvalue weighted by Gasteiger charge is -2.42. The van der Waals surface area contributed by atoms with E-state index in [-0.39, 0.29) is 30.4 Å². The van der Waals surface area contributed by atoms with Crippen molar-refractivity contribution in [2.75, 3.05) is 7.05 Å². The molecule has 4 amide bonds. The molecule has 0 radical (unpaired) electrons. The highest BCUT2D eigenvalue weighted by molar-refractivity contribution is 5.98. The number of alkyl carbamates (subject to hydrolysis) is 1. The summed E-state index contributed by atoms with van der Waals surface area (Å²) in [5.74, 6) is -1.13. The Morgan fingerprint density at radius 1 is 0.854 bits per heavy atom. The van der Waals surface area contributed by atoms with Gasteiger partial charge in [-0.05, 0) is 80.7 Å². The molecule has 1 aliphatic rings. The summed E-state index contributed by atoms with van der Waals surface area (Å²) in [7, 11) is 1.79. The summed E-state index contributed by atoms with van der Waals surface area (Å²) in [5, 5.41) is 10.8. The van der Waals surface area contributed by atoms with Crippen LogP contribution in [0.25, 0.3) is 10.8 Å². The van der Waals surface area contributed by atoms with Crippen LogP contribution in [0.3, 0.4) is 0 Å². The number of likely N-dealkylation sites (N-methyl/N-ethyl adjacent to an activating group) is 1. The molecule has 3 atom stereocenters. The average molecular weight is 657 g/mol. The molecule has 0 bridgehead atoms. The fourth-order valence-electron chi connectivity index (χ4n) is 6.65. The van der Waals surface area contributed by atoms with Gasteiger partial charge >= 0.3 is 6.09 Å². The van der Waals surface area contributed by atoms with Gasteiger partial charge in [0.05, 0.1) is 6.04 Å². The molecule has 9 nitrogen and oxygen atoms in total. The summed E-state index contributed by atoms with van der Waals surface area (Å²) in [6.07, 6.45) is 3.22. The molecular formula is C39H52N4O5. The van der Waals surface area contributed by atoms with E-state index < -0.39 is 35.0 Å². The minimum atomic E-state index is -1.39. The van der Waals surface area contributed by atoms with Crippen LogP contribution in [0.1, 0.15) is 90.8 Å². The van der Waals surface area contributed by atoms with Gasteiger partial charge in [-0.2, -0.15) is 0 Å². The van der Waals surface area contributed by atoms with E-state index >= 15 is 0 Å². The Bertz CT molecular complexity index is 1580. The van der Waals surface area contributed by atoms with E-state index in [1.54, 1.807) is 25.8 Å². The van der Waals surface area contributed by atoms with Crippen LogP contribution in [0.5, 0.6) is 0 Å². The molecule has 258 valence electrons. The number of amides is 4. The number of carbonyl (C=O) groups is 4. The zero-order chi connectivity index (χ0) is 35.1. The van der Waals surface area contributed by atoms with Crippen LogP contribution in [0.15, 0.2) is 72.8 Å². The average Bonchev–Trinajstić information content (AvgIpc) is 3.62. The van der Waals surface area contributed by atoms with Gasteiger partial charge in [0.15, 0.2) is 0 Å². The molecule has 1 saturated carbocycles. The van der Waals surface area contributed by atoms with E-state index in [9.17, 15) is 19.2 Å². The second-order valence-corrected chi connectivity index (χ2v) is 14.3. The SMILES string of the molecule is CC(C)C[C@H](NC(=O)OCc1ccccc1)C(=O)NC(C)(C)C(=O)N[C@](C)(C(=O)N(C)[C@H](C)c1cccc2ccccc12)C1CCCC1. The predicted molar refractivity (Wildman–Crippen MR) is 189 cm³/mol. The van der Waals surface area contributed by atoms with Gasteiger partial charge in [0.25, 0.3) is 0 Å². The van der Waals surface area contributed by atoms with Gasteiger partial charge in [-0.15, -0.1) is 0 Å². The molecule has 3 N–H and O–H groups in total. The molecule has 3 aromatic rings. The van der Waals surface area contributed by atoms with Gasteiger partial charge in [-0.25, -0.2) is 4.79 Å². The highest BCUT2D eigenvalue weighted by Crippen LogP contribution is 2.37. The first kappa shape index (κ1) is 36.4. The normalized spacial score (nSPS) is 16.1. The van der Waals surface area contributed by atoms with E-state index in [1.165, 1.54) is 0 Å². The topological polar surface area (TPSA) is 117 Å². The first-order valence-corrected chi connectivity index (χ1v) is 17.1. The minimum absolute atomic E-state index is 0.0580. The van der Waals surface area contributed by atoms with Gasteiger partial charge in [0.1, 0.15) is 23.7 Å². The summed E-state index contributed by atoms with van der Waals surface area (Å²) >= 11 is 0. The summed E-state index contributed by atoms with van der Waals surface area (Å²) in [6, 6.07) is 22.3. The third-order valence-electron chi connectivity index (χ3n) is 9.70. The van der Waals surface area contributed by atoms with Crippen molar-refractivity contribution >= 4 is 34.6 Å². The van der Waals surface area contributed by atoms with E-state index in [4.69, 9.17) is 4.74 Å². The van der Waals surface area contributed by atoms with Crippen LogP contribution in [0.4, 0.5) is 4.79 Å². The second kappa shape index (κ2) is 15.7. The van der Waals surface area contributed by atoms with Gasteiger partial charge in [0.2, 0.25) is 17.7 Å². The van der Waals surface area contributed by atoms with Crippen molar-refractivity contribution in [3.05, 3.63) is 83.9 Å². The Hall–Kier alpha value is -4.40. The van der Waals surface area contributed by atoms with Crippen molar-refractivity contribution in [3.8, 4) is 0 Å². The van der Waals surface area contributed by atoms with Crippen LogP contribution >= 0.6 is 0 Å².